The number of thiazole rings is 1. The largest absolute Gasteiger partial charge is 0.336 e. The molecule has 32 heavy (non-hydrogen) atoms. The fourth-order valence-electron chi connectivity index (χ4n) is 3.67. The van der Waals surface area contributed by atoms with Crippen molar-refractivity contribution in [2.45, 2.75) is 6.42 Å². The molecule has 1 saturated heterocycles. The molecule has 5 rings (SSSR count). The number of amides is 5. The second kappa shape index (κ2) is 7.89. The van der Waals surface area contributed by atoms with Crippen molar-refractivity contribution < 1.29 is 19.2 Å². The van der Waals surface area contributed by atoms with Gasteiger partial charge in [0, 0.05) is 24.2 Å². The molecule has 5 amide bonds. The average Bonchev–Trinajstić information content (AvgIpc) is 3.47. The Labute approximate surface area is 186 Å². The molecule has 9 nitrogen and oxygen atoms in total. The van der Waals surface area contributed by atoms with E-state index in [1.165, 1.54) is 16.2 Å². The molecule has 0 atom stereocenters. The van der Waals surface area contributed by atoms with Crippen molar-refractivity contribution in [1.29, 1.82) is 0 Å². The summed E-state index contributed by atoms with van der Waals surface area (Å²) in [5.74, 6) is -1.09. The van der Waals surface area contributed by atoms with Crippen LogP contribution >= 0.6 is 11.3 Å². The standard InChI is InChI=1S/C22H17N5O4S/c28-18(11-14-12-32-22(25-14)26-9-8-23-21(26)31)24-13-4-3-5-15(10-13)27-19(29)16-6-1-2-7-17(16)20(27)30/h1-7,10,12H,8-9,11H2,(H,23,31)(H,24,28). The topological polar surface area (TPSA) is 112 Å². The van der Waals surface area contributed by atoms with E-state index >= 15 is 0 Å². The smallest absolute Gasteiger partial charge is 0.323 e. The lowest BCUT2D eigenvalue weighted by Gasteiger charge is -2.15. The molecule has 10 heteroatoms. The highest BCUT2D eigenvalue weighted by molar-refractivity contribution is 7.14. The van der Waals surface area contributed by atoms with Crippen LogP contribution in [-0.2, 0) is 11.2 Å². The maximum absolute atomic E-state index is 12.7. The van der Waals surface area contributed by atoms with Gasteiger partial charge in [-0.15, -0.1) is 11.3 Å². The Hall–Kier alpha value is -4.05. The van der Waals surface area contributed by atoms with Gasteiger partial charge in [-0.3, -0.25) is 19.3 Å². The first kappa shape index (κ1) is 19.9. The Balaban J connectivity index is 1.28. The SMILES string of the molecule is O=C(Cc1csc(N2CCNC2=O)n1)Nc1cccc(N2C(=O)c3ccccc3C2=O)c1. The molecule has 2 aliphatic rings. The van der Waals surface area contributed by atoms with Gasteiger partial charge in [0.1, 0.15) is 0 Å². The number of hydrogen-bond donors (Lipinski definition) is 2. The summed E-state index contributed by atoms with van der Waals surface area (Å²) in [6.07, 6.45) is 0.0310. The van der Waals surface area contributed by atoms with E-state index < -0.39 is 11.8 Å². The van der Waals surface area contributed by atoms with Gasteiger partial charge < -0.3 is 10.6 Å². The number of benzene rings is 2. The monoisotopic (exact) mass is 447 g/mol. The van der Waals surface area contributed by atoms with Gasteiger partial charge in [0.2, 0.25) is 5.91 Å². The first-order chi connectivity index (χ1) is 15.5. The Morgan fingerprint density at radius 2 is 1.81 bits per heavy atom. The molecule has 1 fully saturated rings. The van der Waals surface area contributed by atoms with E-state index in [9.17, 15) is 19.2 Å². The average molecular weight is 447 g/mol. The van der Waals surface area contributed by atoms with Crippen molar-refractivity contribution in [2.75, 3.05) is 28.2 Å². The number of carbonyl (C=O) groups is 4. The maximum Gasteiger partial charge on any atom is 0.323 e. The second-order valence-corrected chi connectivity index (χ2v) is 8.11. The lowest BCUT2D eigenvalue weighted by atomic mass is 10.1. The molecule has 2 N–H and O–H groups in total. The summed E-state index contributed by atoms with van der Waals surface area (Å²) >= 11 is 1.30. The Morgan fingerprint density at radius 1 is 1.06 bits per heavy atom. The van der Waals surface area contributed by atoms with Crippen LogP contribution in [0.2, 0.25) is 0 Å². The van der Waals surface area contributed by atoms with Crippen LogP contribution in [0.5, 0.6) is 0 Å². The van der Waals surface area contributed by atoms with Crippen molar-refractivity contribution in [1.82, 2.24) is 10.3 Å². The molecule has 3 aromatic rings. The van der Waals surface area contributed by atoms with Gasteiger partial charge in [0.25, 0.3) is 11.8 Å². The lowest BCUT2D eigenvalue weighted by Crippen LogP contribution is -2.29. The quantitative estimate of drug-likeness (QED) is 0.584. The molecule has 0 spiro atoms. The number of nitrogens with one attached hydrogen (secondary N) is 2. The molecule has 2 aliphatic heterocycles. The van der Waals surface area contributed by atoms with Crippen molar-refractivity contribution in [3.05, 3.63) is 70.7 Å². The van der Waals surface area contributed by atoms with E-state index in [0.29, 0.717) is 46.4 Å². The fourth-order valence-corrected chi connectivity index (χ4v) is 4.52. The summed E-state index contributed by atoms with van der Waals surface area (Å²) in [7, 11) is 0. The number of nitrogens with zero attached hydrogens (tertiary/aromatic N) is 3. The Bertz CT molecular complexity index is 1240. The maximum atomic E-state index is 12.7. The molecule has 0 unspecified atom stereocenters. The fraction of sp³-hybridized carbons (Fsp3) is 0.136. The number of aromatic nitrogens is 1. The van der Waals surface area contributed by atoms with E-state index in [-0.39, 0.29) is 18.4 Å². The third-order valence-electron chi connectivity index (χ3n) is 5.15. The predicted molar refractivity (Wildman–Crippen MR) is 119 cm³/mol. The highest BCUT2D eigenvalue weighted by atomic mass is 32.1. The van der Waals surface area contributed by atoms with Crippen LogP contribution in [0, 0.1) is 0 Å². The highest BCUT2D eigenvalue weighted by Gasteiger charge is 2.36. The molecule has 0 radical (unpaired) electrons. The molecule has 0 saturated carbocycles. The van der Waals surface area contributed by atoms with Gasteiger partial charge >= 0.3 is 6.03 Å². The van der Waals surface area contributed by atoms with Crippen LogP contribution in [0.25, 0.3) is 0 Å². The first-order valence-electron chi connectivity index (χ1n) is 9.89. The summed E-state index contributed by atoms with van der Waals surface area (Å²) in [5, 5.41) is 7.79. The molecule has 2 aromatic carbocycles. The minimum atomic E-state index is -0.393. The van der Waals surface area contributed by atoms with Crippen molar-refractivity contribution in [3.63, 3.8) is 0 Å². The summed E-state index contributed by atoms with van der Waals surface area (Å²) in [5.41, 5.74) is 2.11. The first-order valence-corrected chi connectivity index (χ1v) is 10.8. The number of rotatable bonds is 5. The second-order valence-electron chi connectivity index (χ2n) is 7.27. The number of imide groups is 1. The highest BCUT2D eigenvalue weighted by Crippen LogP contribution is 2.30. The number of urea groups is 1. The van der Waals surface area contributed by atoms with E-state index in [4.69, 9.17) is 0 Å². The molecule has 0 bridgehead atoms. The molecule has 1 aromatic heterocycles. The van der Waals surface area contributed by atoms with Crippen molar-refractivity contribution in [2.24, 2.45) is 0 Å². The van der Waals surface area contributed by atoms with E-state index in [0.717, 1.165) is 4.90 Å². The molecular weight excluding hydrogens is 430 g/mol. The third-order valence-corrected chi connectivity index (χ3v) is 6.06. The van der Waals surface area contributed by atoms with Gasteiger partial charge in [-0.1, -0.05) is 18.2 Å². The number of hydrogen-bond acceptors (Lipinski definition) is 6. The van der Waals surface area contributed by atoms with Gasteiger partial charge in [-0.2, -0.15) is 0 Å². The minimum absolute atomic E-state index is 0.0310. The minimum Gasteiger partial charge on any atom is -0.336 e. The molecular formula is C22H17N5O4S. The van der Waals surface area contributed by atoms with Crippen LogP contribution in [0.15, 0.2) is 53.9 Å². The normalized spacial score (nSPS) is 15.2. The van der Waals surface area contributed by atoms with Crippen molar-refractivity contribution in [3.8, 4) is 0 Å². The zero-order valence-corrected chi connectivity index (χ0v) is 17.5. The lowest BCUT2D eigenvalue weighted by molar-refractivity contribution is -0.115. The summed E-state index contributed by atoms with van der Waals surface area (Å²) in [6.45, 7) is 1.11. The van der Waals surface area contributed by atoms with E-state index in [2.05, 4.69) is 15.6 Å². The van der Waals surface area contributed by atoms with E-state index in [1.54, 1.807) is 53.9 Å². The summed E-state index contributed by atoms with van der Waals surface area (Å²) < 4.78 is 0. The molecule has 160 valence electrons. The number of carbonyl (C=O) groups excluding carboxylic acids is 4. The zero-order valence-electron chi connectivity index (χ0n) is 16.7. The van der Waals surface area contributed by atoms with Gasteiger partial charge in [0.15, 0.2) is 5.13 Å². The number of anilines is 3. The van der Waals surface area contributed by atoms with Gasteiger partial charge in [-0.25, -0.2) is 14.7 Å². The number of fused-ring (bicyclic) bond motifs is 1. The summed E-state index contributed by atoms with van der Waals surface area (Å²) in [4.78, 5) is 56.7. The predicted octanol–water partition coefficient (Wildman–Crippen LogP) is 2.65. The summed E-state index contributed by atoms with van der Waals surface area (Å²) in [6, 6.07) is 13.0. The van der Waals surface area contributed by atoms with Crippen LogP contribution in [0.1, 0.15) is 26.4 Å². The van der Waals surface area contributed by atoms with Gasteiger partial charge in [0.05, 0.1) is 28.9 Å². The van der Waals surface area contributed by atoms with Crippen LogP contribution < -0.4 is 20.4 Å². The Morgan fingerprint density at radius 3 is 2.50 bits per heavy atom. The molecule has 0 aliphatic carbocycles. The molecule has 3 heterocycles. The van der Waals surface area contributed by atoms with Crippen LogP contribution in [-0.4, -0.2) is 41.8 Å². The zero-order chi connectivity index (χ0) is 22.2. The van der Waals surface area contributed by atoms with E-state index in [1.807, 2.05) is 0 Å². The van der Waals surface area contributed by atoms with Gasteiger partial charge in [-0.05, 0) is 30.3 Å². The van der Waals surface area contributed by atoms with Crippen LogP contribution in [0.3, 0.4) is 0 Å². The Kier molecular flexibility index (Phi) is 4.91. The van der Waals surface area contributed by atoms with Crippen LogP contribution in [0.4, 0.5) is 21.3 Å². The third kappa shape index (κ3) is 3.50. The van der Waals surface area contributed by atoms with Crippen molar-refractivity contribution >= 4 is 51.6 Å².